The molecule has 1 fully saturated rings. The Labute approximate surface area is 207 Å². The van der Waals surface area contributed by atoms with E-state index in [4.69, 9.17) is 21.1 Å². The fourth-order valence-corrected chi connectivity index (χ4v) is 4.25. The number of hydrogen-bond acceptors (Lipinski definition) is 5. The summed E-state index contributed by atoms with van der Waals surface area (Å²) in [7, 11) is 1.85. The van der Waals surface area contributed by atoms with E-state index in [1.807, 2.05) is 32.7 Å². The van der Waals surface area contributed by atoms with E-state index in [-0.39, 0.29) is 25.1 Å². The molecule has 1 aliphatic rings. The van der Waals surface area contributed by atoms with Crippen molar-refractivity contribution < 1.29 is 19.1 Å². The Hall–Kier alpha value is -2.80. The van der Waals surface area contributed by atoms with Crippen LogP contribution in [0.5, 0.6) is 5.75 Å². The molecule has 34 heavy (non-hydrogen) atoms. The van der Waals surface area contributed by atoms with E-state index in [9.17, 15) is 9.59 Å². The number of halogens is 1. The van der Waals surface area contributed by atoms with Gasteiger partial charge in [0.25, 0.3) is 5.91 Å². The van der Waals surface area contributed by atoms with Crippen molar-refractivity contribution in [1.82, 2.24) is 9.88 Å². The maximum absolute atomic E-state index is 13.1. The van der Waals surface area contributed by atoms with Crippen LogP contribution < -0.4 is 9.64 Å². The number of carbonyl (C=O) groups is 2. The molecule has 0 aliphatic heterocycles. The van der Waals surface area contributed by atoms with Gasteiger partial charge in [0.1, 0.15) is 18.0 Å². The molecule has 3 rings (SSSR count). The van der Waals surface area contributed by atoms with E-state index >= 15 is 0 Å². The zero-order valence-corrected chi connectivity index (χ0v) is 21.2. The van der Waals surface area contributed by atoms with Gasteiger partial charge in [0.2, 0.25) is 0 Å². The standard InChI is InChI=1S/C26H34ClN3O4/c1-26(2,3)34-25(32)30(22-10-12-28-13-11-22)14-15-33-23-17-19(16-20(27)18-23)24(31)29(4)21-8-6-5-7-9-21/h10-13,16-18,21H,5-9,14-15H2,1-4H3. The van der Waals surface area contributed by atoms with E-state index in [2.05, 4.69) is 4.98 Å². The zero-order valence-electron chi connectivity index (χ0n) is 20.4. The summed E-state index contributed by atoms with van der Waals surface area (Å²) < 4.78 is 11.5. The first-order chi connectivity index (χ1) is 16.1. The van der Waals surface area contributed by atoms with Crippen molar-refractivity contribution in [3.8, 4) is 5.75 Å². The summed E-state index contributed by atoms with van der Waals surface area (Å²) in [5.41, 5.74) is 0.521. The number of nitrogens with zero attached hydrogens (tertiary/aromatic N) is 3. The maximum atomic E-state index is 13.1. The molecule has 1 aromatic heterocycles. The summed E-state index contributed by atoms with van der Waals surface area (Å²) >= 11 is 6.30. The minimum Gasteiger partial charge on any atom is -0.492 e. The third-order valence-electron chi connectivity index (χ3n) is 5.73. The maximum Gasteiger partial charge on any atom is 0.414 e. The van der Waals surface area contributed by atoms with Crippen LogP contribution in [-0.4, -0.2) is 53.7 Å². The van der Waals surface area contributed by atoms with Crippen LogP contribution in [0, 0.1) is 0 Å². The molecule has 1 aromatic carbocycles. The van der Waals surface area contributed by atoms with Gasteiger partial charge >= 0.3 is 6.09 Å². The highest BCUT2D eigenvalue weighted by Crippen LogP contribution is 2.26. The lowest BCUT2D eigenvalue weighted by Gasteiger charge is -2.31. The van der Waals surface area contributed by atoms with Gasteiger partial charge in [0.05, 0.1) is 12.2 Å². The predicted molar refractivity (Wildman–Crippen MR) is 134 cm³/mol. The summed E-state index contributed by atoms with van der Waals surface area (Å²) in [4.78, 5) is 33.2. The second-order valence-electron chi connectivity index (χ2n) is 9.57. The highest BCUT2D eigenvalue weighted by atomic mass is 35.5. The molecule has 2 amide bonds. The Morgan fingerprint density at radius 1 is 1.09 bits per heavy atom. The highest BCUT2D eigenvalue weighted by Gasteiger charge is 2.25. The molecule has 0 bridgehead atoms. The predicted octanol–water partition coefficient (Wildman–Crippen LogP) is 5.96. The number of carbonyl (C=O) groups excluding carboxylic acids is 2. The van der Waals surface area contributed by atoms with Crippen LogP contribution in [0.1, 0.15) is 63.2 Å². The van der Waals surface area contributed by atoms with E-state index in [0.717, 1.165) is 25.7 Å². The van der Waals surface area contributed by atoms with Crippen molar-refractivity contribution in [3.05, 3.63) is 53.3 Å². The molecule has 0 N–H and O–H groups in total. The molecular weight excluding hydrogens is 454 g/mol. The monoisotopic (exact) mass is 487 g/mol. The van der Waals surface area contributed by atoms with Gasteiger partial charge in [-0.1, -0.05) is 30.9 Å². The molecule has 0 unspecified atom stereocenters. The quantitative estimate of drug-likeness (QED) is 0.481. The van der Waals surface area contributed by atoms with Crippen molar-refractivity contribution in [2.75, 3.05) is 25.1 Å². The summed E-state index contributed by atoms with van der Waals surface area (Å²) in [5.74, 6) is 0.415. The van der Waals surface area contributed by atoms with Crippen LogP contribution in [0.4, 0.5) is 10.5 Å². The number of aromatic nitrogens is 1. The SMILES string of the molecule is CN(C(=O)c1cc(Cl)cc(OCCN(C(=O)OC(C)(C)C)c2ccncc2)c1)C1CCCCC1. The summed E-state index contributed by atoms with van der Waals surface area (Å²) in [6.07, 6.45) is 8.35. The number of amides is 2. The number of benzene rings is 1. The Morgan fingerprint density at radius 3 is 2.41 bits per heavy atom. The van der Waals surface area contributed by atoms with Crippen molar-refractivity contribution in [2.24, 2.45) is 0 Å². The minimum atomic E-state index is -0.629. The van der Waals surface area contributed by atoms with Gasteiger partial charge in [0.15, 0.2) is 0 Å². The van der Waals surface area contributed by atoms with E-state index in [0.29, 0.717) is 22.0 Å². The smallest absolute Gasteiger partial charge is 0.414 e. The lowest BCUT2D eigenvalue weighted by molar-refractivity contribution is 0.0574. The molecule has 0 radical (unpaired) electrons. The van der Waals surface area contributed by atoms with Crippen molar-refractivity contribution in [3.63, 3.8) is 0 Å². The molecule has 1 saturated carbocycles. The van der Waals surface area contributed by atoms with Crippen LogP contribution in [0.3, 0.4) is 0 Å². The second kappa shape index (κ2) is 11.6. The first-order valence-electron chi connectivity index (χ1n) is 11.7. The zero-order chi connectivity index (χ0) is 24.7. The molecule has 8 heteroatoms. The molecule has 1 aliphatic carbocycles. The molecule has 0 saturated heterocycles. The van der Waals surface area contributed by atoms with Crippen molar-refractivity contribution in [1.29, 1.82) is 0 Å². The Balaban J connectivity index is 1.68. The van der Waals surface area contributed by atoms with Gasteiger partial charge in [-0.25, -0.2) is 4.79 Å². The average Bonchev–Trinajstić information content (AvgIpc) is 2.80. The lowest BCUT2D eigenvalue weighted by Crippen LogP contribution is -2.39. The largest absolute Gasteiger partial charge is 0.492 e. The first-order valence-corrected chi connectivity index (χ1v) is 12.1. The fraction of sp³-hybridized carbons (Fsp3) is 0.500. The van der Waals surface area contributed by atoms with E-state index < -0.39 is 11.7 Å². The lowest BCUT2D eigenvalue weighted by atomic mass is 9.94. The number of rotatable bonds is 7. The average molecular weight is 488 g/mol. The Bertz CT molecular complexity index is 972. The highest BCUT2D eigenvalue weighted by molar-refractivity contribution is 6.31. The van der Waals surface area contributed by atoms with Crippen LogP contribution in [-0.2, 0) is 4.74 Å². The van der Waals surface area contributed by atoms with Gasteiger partial charge in [-0.05, 0) is 63.9 Å². The number of ether oxygens (including phenoxy) is 2. The van der Waals surface area contributed by atoms with Crippen LogP contribution in [0.15, 0.2) is 42.7 Å². The number of hydrogen-bond donors (Lipinski definition) is 0. The van der Waals surface area contributed by atoms with Crippen LogP contribution in [0.25, 0.3) is 0 Å². The molecule has 184 valence electrons. The molecule has 1 heterocycles. The fourth-order valence-electron chi connectivity index (χ4n) is 4.03. The van der Waals surface area contributed by atoms with E-state index in [1.54, 1.807) is 42.7 Å². The van der Waals surface area contributed by atoms with Gasteiger partial charge in [-0.3, -0.25) is 14.7 Å². The van der Waals surface area contributed by atoms with Gasteiger partial charge in [-0.2, -0.15) is 0 Å². The van der Waals surface area contributed by atoms with Gasteiger partial charge in [-0.15, -0.1) is 0 Å². The summed E-state index contributed by atoms with van der Waals surface area (Å²) in [5, 5.41) is 0.427. The van der Waals surface area contributed by atoms with Crippen LogP contribution >= 0.6 is 11.6 Å². The first kappa shape index (κ1) is 25.8. The topological polar surface area (TPSA) is 72.0 Å². The normalized spacial score (nSPS) is 14.4. The Kier molecular flexibility index (Phi) is 8.78. The molecule has 2 aromatic rings. The number of anilines is 1. The van der Waals surface area contributed by atoms with Gasteiger partial charge in [0, 0.05) is 36.1 Å². The second-order valence-corrected chi connectivity index (χ2v) is 10.0. The molecule has 7 nitrogen and oxygen atoms in total. The molecule has 0 atom stereocenters. The molecule has 0 spiro atoms. The summed E-state index contributed by atoms with van der Waals surface area (Å²) in [6.45, 7) is 5.90. The van der Waals surface area contributed by atoms with Crippen molar-refractivity contribution >= 4 is 29.3 Å². The summed E-state index contributed by atoms with van der Waals surface area (Å²) in [6, 6.07) is 8.77. The van der Waals surface area contributed by atoms with Crippen LogP contribution in [0.2, 0.25) is 5.02 Å². The van der Waals surface area contributed by atoms with Crippen molar-refractivity contribution in [2.45, 2.75) is 64.5 Å². The Morgan fingerprint density at radius 2 is 1.76 bits per heavy atom. The van der Waals surface area contributed by atoms with E-state index in [1.165, 1.54) is 11.3 Å². The third kappa shape index (κ3) is 7.35. The third-order valence-corrected chi connectivity index (χ3v) is 5.95. The van der Waals surface area contributed by atoms with Gasteiger partial charge < -0.3 is 14.4 Å². The minimum absolute atomic E-state index is 0.0635. The number of pyridine rings is 1. The molecular formula is C26H34ClN3O4.